The molecule has 1 rings (SSSR count). The van der Waals surface area contributed by atoms with E-state index < -0.39 is 0 Å². The summed E-state index contributed by atoms with van der Waals surface area (Å²) in [5, 5.41) is 4.14. The molecular formula is C8H9ClN2. The van der Waals surface area contributed by atoms with Crippen LogP contribution in [-0.2, 0) is 6.42 Å². The minimum atomic E-state index is 0.733. The lowest BCUT2D eigenvalue weighted by molar-refractivity contribution is 1.23. The molecule has 2 N–H and O–H groups in total. The van der Waals surface area contributed by atoms with Crippen LogP contribution in [0.15, 0.2) is 29.4 Å². The molecule has 0 saturated carbocycles. The number of hydrogen-bond acceptors (Lipinski definition) is 2. The van der Waals surface area contributed by atoms with Gasteiger partial charge in [0.15, 0.2) is 0 Å². The third-order valence-corrected chi connectivity index (χ3v) is 1.56. The molecule has 1 aromatic rings. The van der Waals surface area contributed by atoms with Crippen molar-refractivity contribution in [3.8, 4) is 0 Å². The van der Waals surface area contributed by atoms with Gasteiger partial charge in [-0.3, -0.25) is 0 Å². The van der Waals surface area contributed by atoms with Crippen LogP contribution in [0.5, 0.6) is 0 Å². The highest BCUT2D eigenvalue weighted by molar-refractivity contribution is 6.30. The van der Waals surface area contributed by atoms with Crippen LogP contribution in [0.25, 0.3) is 0 Å². The molecule has 2 nitrogen and oxygen atoms in total. The van der Waals surface area contributed by atoms with Gasteiger partial charge in [0.25, 0.3) is 0 Å². The largest absolute Gasteiger partial charge is 0.324 e. The fourth-order valence-corrected chi connectivity index (χ4v) is 1.03. The van der Waals surface area contributed by atoms with Crippen molar-refractivity contribution < 1.29 is 0 Å². The number of nitrogens with zero attached hydrogens (tertiary/aromatic N) is 1. The Labute approximate surface area is 70.7 Å². The highest BCUT2D eigenvalue weighted by Crippen LogP contribution is 2.10. The van der Waals surface area contributed by atoms with Crippen molar-refractivity contribution in [1.29, 1.82) is 0 Å². The fraction of sp³-hybridized carbons (Fsp3) is 0.125. The van der Waals surface area contributed by atoms with Crippen molar-refractivity contribution in [1.82, 2.24) is 0 Å². The molecule has 0 atom stereocenters. The van der Waals surface area contributed by atoms with Gasteiger partial charge in [0.1, 0.15) is 0 Å². The zero-order valence-electron chi connectivity index (χ0n) is 6.00. The average Bonchev–Trinajstić information content (AvgIpc) is 2.01. The Balaban J connectivity index is 2.71. The van der Waals surface area contributed by atoms with Crippen molar-refractivity contribution in [2.45, 2.75) is 6.42 Å². The normalized spacial score (nSPS) is 10.6. The van der Waals surface area contributed by atoms with Crippen LogP contribution in [0.3, 0.4) is 0 Å². The molecule has 0 unspecified atom stereocenters. The van der Waals surface area contributed by atoms with Crippen molar-refractivity contribution in [2.75, 3.05) is 0 Å². The molecule has 0 fully saturated rings. The number of halogens is 1. The first-order chi connectivity index (χ1) is 5.33. The standard InChI is InChI=1S/C8H9ClN2/c9-8-3-1-2-7(6-8)4-5-11-10/h1-3,5-6H,4,10H2/b11-5+. The number of hydrogen-bond donors (Lipinski definition) is 1. The summed E-state index contributed by atoms with van der Waals surface area (Å²) in [6, 6.07) is 7.61. The van der Waals surface area contributed by atoms with Crippen LogP contribution in [0.4, 0.5) is 0 Å². The van der Waals surface area contributed by atoms with E-state index >= 15 is 0 Å². The Kier molecular flexibility index (Phi) is 2.93. The molecule has 58 valence electrons. The molecular weight excluding hydrogens is 160 g/mol. The monoisotopic (exact) mass is 168 g/mol. The maximum absolute atomic E-state index is 5.75. The van der Waals surface area contributed by atoms with Gasteiger partial charge in [0, 0.05) is 17.7 Å². The SMILES string of the molecule is N/N=C/Cc1cccc(Cl)c1. The Morgan fingerprint density at radius 2 is 2.36 bits per heavy atom. The Morgan fingerprint density at radius 3 is 3.00 bits per heavy atom. The molecule has 0 aliphatic carbocycles. The van der Waals surface area contributed by atoms with Crippen LogP contribution < -0.4 is 5.84 Å². The lowest BCUT2D eigenvalue weighted by atomic mass is 10.2. The van der Waals surface area contributed by atoms with Gasteiger partial charge in [-0.05, 0) is 17.7 Å². The summed E-state index contributed by atoms with van der Waals surface area (Å²) in [6.07, 6.45) is 2.38. The summed E-state index contributed by atoms with van der Waals surface area (Å²) < 4.78 is 0. The first-order valence-corrected chi connectivity index (χ1v) is 3.67. The van der Waals surface area contributed by atoms with E-state index in [0.717, 1.165) is 17.0 Å². The molecule has 0 radical (unpaired) electrons. The number of benzene rings is 1. The van der Waals surface area contributed by atoms with Gasteiger partial charge < -0.3 is 5.84 Å². The third-order valence-electron chi connectivity index (χ3n) is 1.32. The maximum atomic E-state index is 5.75. The second-order valence-electron chi connectivity index (χ2n) is 2.17. The molecule has 0 aromatic heterocycles. The maximum Gasteiger partial charge on any atom is 0.0408 e. The van der Waals surface area contributed by atoms with Gasteiger partial charge in [-0.2, -0.15) is 5.10 Å². The molecule has 0 saturated heterocycles. The van der Waals surface area contributed by atoms with E-state index in [2.05, 4.69) is 5.10 Å². The number of nitrogens with two attached hydrogens (primary N) is 1. The van der Waals surface area contributed by atoms with Gasteiger partial charge in [-0.25, -0.2) is 0 Å². The van der Waals surface area contributed by atoms with Crippen molar-refractivity contribution in [3.05, 3.63) is 34.9 Å². The number of rotatable bonds is 2. The predicted molar refractivity (Wildman–Crippen MR) is 47.8 cm³/mol. The quantitative estimate of drug-likeness (QED) is 0.409. The Morgan fingerprint density at radius 1 is 1.55 bits per heavy atom. The summed E-state index contributed by atoms with van der Waals surface area (Å²) in [5.74, 6) is 4.95. The molecule has 0 heterocycles. The summed E-state index contributed by atoms with van der Waals surface area (Å²) in [7, 11) is 0. The third kappa shape index (κ3) is 2.60. The predicted octanol–water partition coefficient (Wildman–Crippen LogP) is 1.83. The molecule has 11 heavy (non-hydrogen) atoms. The van der Waals surface area contributed by atoms with E-state index in [1.165, 1.54) is 0 Å². The van der Waals surface area contributed by atoms with Crippen molar-refractivity contribution >= 4 is 17.8 Å². The smallest absolute Gasteiger partial charge is 0.0408 e. The Hall–Kier alpha value is -1.02. The van der Waals surface area contributed by atoms with E-state index in [0.29, 0.717) is 0 Å². The lowest BCUT2D eigenvalue weighted by Crippen LogP contribution is -1.88. The topological polar surface area (TPSA) is 38.4 Å². The van der Waals surface area contributed by atoms with Gasteiger partial charge in [-0.15, -0.1) is 0 Å². The molecule has 0 bridgehead atoms. The highest BCUT2D eigenvalue weighted by atomic mass is 35.5. The van der Waals surface area contributed by atoms with Crippen molar-refractivity contribution in [3.63, 3.8) is 0 Å². The molecule has 0 aliphatic heterocycles. The van der Waals surface area contributed by atoms with Gasteiger partial charge in [-0.1, -0.05) is 23.7 Å². The number of hydrazone groups is 1. The summed E-state index contributed by atoms with van der Waals surface area (Å²) in [4.78, 5) is 0. The Bertz CT molecular complexity index is 258. The van der Waals surface area contributed by atoms with E-state index in [1.807, 2.05) is 24.3 Å². The molecule has 1 aromatic carbocycles. The first-order valence-electron chi connectivity index (χ1n) is 3.29. The second-order valence-corrected chi connectivity index (χ2v) is 2.60. The van der Waals surface area contributed by atoms with Crippen LogP contribution >= 0.6 is 11.6 Å². The van der Waals surface area contributed by atoms with E-state index in [4.69, 9.17) is 17.4 Å². The van der Waals surface area contributed by atoms with Gasteiger partial charge in [0.2, 0.25) is 0 Å². The minimum Gasteiger partial charge on any atom is -0.324 e. The minimum absolute atomic E-state index is 0.733. The van der Waals surface area contributed by atoms with Gasteiger partial charge in [0.05, 0.1) is 0 Å². The van der Waals surface area contributed by atoms with E-state index in [9.17, 15) is 0 Å². The lowest BCUT2D eigenvalue weighted by Gasteiger charge is -1.94. The van der Waals surface area contributed by atoms with Crippen LogP contribution in [0.2, 0.25) is 5.02 Å². The molecule has 0 amide bonds. The van der Waals surface area contributed by atoms with Crippen LogP contribution in [0.1, 0.15) is 5.56 Å². The van der Waals surface area contributed by atoms with Crippen LogP contribution in [-0.4, -0.2) is 6.21 Å². The summed E-state index contributed by atoms with van der Waals surface area (Å²) in [5.41, 5.74) is 1.12. The molecule has 0 aliphatic rings. The van der Waals surface area contributed by atoms with Gasteiger partial charge >= 0.3 is 0 Å². The van der Waals surface area contributed by atoms with Crippen LogP contribution in [0, 0.1) is 0 Å². The van der Waals surface area contributed by atoms with E-state index in [-0.39, 0.29) is 0 Å². The molecule has 3 heteroatoms. The first kappa shape index (κ1) is 8.08. The average molecular weight is 169 g/mol. The highest BCUT2D eigenvalue weighted by Gasteiger charge is 1.90. The second kappa shape index (κ2) is 3.98. The molecule has 0 spiro atoms. The zero-order chi connectivity index (χ0) is 8.10. The zero-order valence-corrected chi connectivity index (χ0v) is 6.75. The summed E-state index contributed by atoms with van der Waals surface area (Å²) >= 11 is 5.75. The fourth-order valence-electron chi connectivity index (χ4n) is 0.822. The summed E-state index contributed by atoms with van der Waals surface area (Å²) in [6.45, 7) is 0. The van der Waals surface area contributed by atoms with Crippen molar-refractivity contribution in [2.24, 2.45) is 10.9 Å². The van der Waals surface area contributed by atoms with E-state index in [1.54, 1.807) is 6.21 Å².